The molecule has 5 rings (SSSR count). The average molecular weight is 559 g/mol. The van der Waals surface area contributed by atoms with Crippen LogP contribution in [0.3, 0.4) is 0 Å². The number of ether oxygens (including phenoxy) is 1. The Bertz CT molecular complexity index is 1610. The number of hydrogen-bond acceptors (Lipinski definition) is 6. The fraction of sp³-hybridized carbons (Fsp3) is 0.269. The van der Waals surface area contributed by atoms with Gasteiger partial charge >= 0.3 is 0 Å². The molecule has 3 heterocycles. The molecule has 38 heavy (non-hydrogen) atoms. The minimum absolute atomic E-state index is 0.00479. The first-order valence-corrected chi connectivity index (χ1v) is 12.7. The first-order valence-electron chi connectivity index (χ1n) is 11.5. The number of piperazine rings is 1. The third-order valence-corrected chi connectivity index (χ3v) is 7.98. The first-order chi connectivity index (χ1) is 18.3. The Morgan fingerprint density at radius 1 is 1.26 bits per heavy atom. The summed E-state index contributed by atoms with van der Waals surface area (Å²) in [5, 5.41) is 9.63. The van der Waals surface area contributed by atoms with E-state index in [1.54, 1.807) is 0 Å². The molecular formula is C26H18ClF3N4O3S. The van der Waals surface area contributed by atoms with Crippen LogP contribution >= 0.6 is 22.9 Å². The largest absolute Gasteiger partial charge is 0.491 e. The summed E-state index contributed by atoms with van der Waals surface area (Å²) in [5.41, 5.74) is 5.83. The van der Waals surface area contributed by atoms with Crippen molar-refractivity contribution < 1.29 is 27.5 Å². The molecule has 1 saturated heterocycles. The van der Waals surface area contributed by atoms with E-state index in [1.165, 1.54) is 15.9 Å². The molecule has 2 amide bonds. The number of nitrogens with zero attached hydrogens (tertiary/aromatic N) is 3. The number of anilines is 1. The lowest BCUT2D eigenvalue weighted by Gasteiger charge is -2.42. The lowest BCUT2D eigenvalue weighted by molar-refractivity contribution is -0.127. The van der Waals surface area contributed by atoms with Gasteiger partial charge in [-0.25, -0.2) is 13.2 Å². The fourth-order valence-corrected chi connectivity index (χ4v) is 6.15. The van der Waals surface area contributed by atoms with Crippen LogP contribution in [0.5, 0.6) is 5.75 Å². The van der Waals surface area contributed by atoms with E-state index in [0.29, 0.717) is 6.42 Å². The number of nitrogen functional groups attached to an aromatic ring is 1. The van der Waals surface area contributed by atoms with Crippen LogP contribution in [0, 0.1) is 34.8 Å². The molecule has 0 bridgehead atoms. The van der Waals surface area contributed by atoms with E-state index in [1.807, 2.05) is 6.07 Å². The topological polar surface area (TPSA) is 99.7 Å². The Morgan fingerprint density at radius 3 is 2.79 bits per heavy atom. The van der Waals surface area contributed by atoms with Crippen molar-refractivity contribution in [3.8, 4) is 34.8 Å². The number of carbonyl (C=O) groups is 2. The number of hydrogen-bond donors (Lipinski definition) is 1. The third-order valence-electron chi connectivity index (χ3n) is 6.59. The molecule has 1 atom stereocenters. The molecular weight excluding hydrogens is 541 g/mol. The van der Waals surface area contributed by atoms with E-state index in [0.717, 1.165) is 23.5 Å². The van der Waals surface area contributed by atoms with Crippen molar-refractivity contribution in [1.82, 2.24) is 9.80 Å². The normalized spacial score (nSPS) is 16.9. The lowest BCUT2D eigenvalue weighted by atomic mass is 9.95. The molecule has 1 unspecified atom stereocenters. The number of carbonyl (C=O) groups excluding carboxylic acids is 2. The van der Waals surface area contributed by atoms with Crippen molar-refractivity contribution in [3.05, 3.63) is 46.0 Å². The maximum absolute atomic E-state index is 15.7. The molecule has 194 valence electrons. The second-order valence-corrected chi connectivity index (χ2v) is 10.1. The quantitative estimate of drug-likeness (QED) is 0.447. The predicted octanol–water partition coefficient (Wildman–Crippen LogP) is 4.36. The Hall–Kier alpha value is -3.93. The number of alkyl halides is 1. The van der Waals surface area contributed by atoms with E-state index < -0.39 is 36.2 Å². The van der Waals surface area contributed by atoms with Crippen LogP contribution in [0.15, 0.2) is 18.2 Å². The molecule has 12 heteroatoms. The summed E-state index contributed by atoms with van der Waals surface area (Å²) < 4.78 is 48.5. The summed E-state index contributed by atoms with van der Waals surface area (Å²) in [6.07, 6.45) is 0.342. The van der Waals surface area contributed by atoms with Crippen LogP contribution in [0.2, 0.25) is 5.02 Å². The summed E-state index contributed by atoms with van der Waals surface area (Å²) in [6.45, 7) is -0.337. The molecule has 1 aromatic heterocycles. The van der Waals surface area contributed by atoms with Crippen LogP contribution in [-0.2, 0) is 4.79 Å². The van der Waals surface area contributed by atoms with Gasteiger partial charge in [-0.3, -0.25) is 9.59 Å². The number of nitriles is 1. The van der Waals surface area contributed by atoms with Gasteiger partial charge in [0.25, 0.3) is 11.8 Å². The van der Waals surface area contributed by atoms with E-state index in [2.05, 4.69) is 11.8 Å². The van der Waals surface area contributed by atoms with E-state index in [-0.39, 0.29) is 74.4 Å². The summed E-state index contributed by atoms with van der Waals surface area (Å²) >= 11 is 7.52. The summed E-state index contributed by atoms with van der Waals surface area (Å²) in [4.78, 5) is 28.7. The van der Waals surface area contributed by atoms with E-state index >= 15 is 4.39 Å². The van der Waals surface area contributed by atoms with Gasteiger partial charge in [0, 0.05) is 37.0 Å². The zero-order chi connectivity index (χ0) is 27.1. The van der Waals surface area contributed by atoms with Crippen molar-refractivity contribution in [3.63, 3.8) is 0 Å². The summed E-state index contributed by atoms with van der Waals surface area (Å²) in [5.74, 6) is 1.76. The monoisotopic (exact) mass is 558 g/mol. The van der Waals surface area contributed by atoms with Gasteiger partial charge in [0.15, 0.2) is 12.4 Å². The molecule has 0 radical (unpaired) electrons. The fourth-order valence-electron chi connectivity index (χ4n) is 4.85. The number of benzene rings is 2. The molecule has 7 nitrogen and oxygen atoms in total. The Kier molecular flexibility index (Phi) is 6.82. The van der Waals surface area contributed by atoms with Crippen LogP contribution in [-0.4, -0.2) is 60.6 Å². The van der Waals surface area contributed by atoms with Crippen LogP contribution in [0.25, 0.3) is 21.2 Å². The maximum atomic E-state index is 15.7. The van der Waals surface area contributed by atoms with Crippen molar-refractivity contribution in [2.75, 3.05) is 38.6 Å². The van der Waals surface area contributed by atoms with Gasteiger partial charge in [-0.1, -0.05) is 23.6 Å². The van der Waals surface area contributed by atoms with Crippen LogP contribution in [0.1, 0.15) is 22.3 Å². The molecule has 2 N–H and O–H groups in total. The standard InChI is InChI=1S/C26H18ClF3N4O3S/c27-22-21(14-3-4-17(29)24-20(14)16(11-31)25(32)38-24)18(30)10-15-23(22)37-9-5-13-12-33(19(35)2-1-6-28)7-8-34(13)26(15)36/h3-4,10,13H,5-9,12,32H2. The van der Waals surface area contributed by atoms with Gasteiger partial charge in [-0.2, -0.15) is 5.26 Å². The Labute approximate surface area is 224 Å². The van der Waals surface area contributed by atoms with Crippen LogP contribution in [0.4, 0.5) is 18.2 Å². The van der Waals surface area contributed by atoms with Gasteiger partial charge in [0.1, 0.15) is 22.7 Å². The molecule has 2 aromatic carbocycles. The number of nitrogens with two attached hydrogens (primary N) is 1. The SMILES string of the molecule is N#Cc1c(N)sc2c(F)ccc(-c3c(F)cc4c(c3Cl)OCCC3CN(C(=O)C#CCF)CCN3C4=O)c12. The van der Waals surface area contributed by atoms with Gasteiger partial charge in [-0.05, 0) is 23.6 Å². The molecule has 0 spiro atoms. The van der Waals surface area contributed by atoms with E-state index in [9.17, 15) is 23.6 Å². The zero-order valence-electron chi connectivity index (χ0n) is 19.6. The predicted molar refractivity (Wildman–Crippen MR) is 137 cm³/mol. The second kappa shape index (κ2) is 10.1. The minimum Gasteiger partial charge on any atom is -0.491 e. The van der Waals surface area contributed by atoms with Crippen molar-refractivity contribution in [2.45, 2.75) is 12.5 Å². The van der Waals surface area contributed by atoms with Gasteiger partial charge in [0.2, 0.25) is 0 Å². The third kappa shape index (κ3) is 4.18. The summed E-state index contributed by atoms with van der Waals surface area (Å²) in [6, 6.07) is 4.98. The van der Waals surface area contributed by atoms with Crippen molar-refractivity contribution in [2.24, 2.45) is 0 Å². The average Bonchev–Trinajstić information content (AvgIpc) is 3.25. The number of fused-ring (bicyclic) bond motifs is 3. The second-order valence-electron chi connectivity index (χ2n) is 8.65. The van der Waals surface area contributed by atoms with E-state index in [4.69, 9.17) is 22.1 Å². The molecule has 1 fully saturated rings. The highest BCUT2D eigenvalue weighted by atomic mass is 35.5. The molecule has 2 aliphatic heterocycles. The molecule has 0 aliphatic carbocycles. The number of rotatable bonds is 1. The van der Waals surface area contributed by atoms with Gasteiger partial charge < -0.3 is 20.3 Å². The highest BCUT2D eigenvalue weighted by Gasteiger charge is 2.37. The highest BCUT2D eigenvalue weighted by Crippen LogP contribution is 2.47. The number of thiophene rings is 1. The lowest BCUT2D eigenvalue weighted by Crippen LogP contribution is -2.57. The molecule has 0 saturated carbocycles. The summed E-state index contributed by atoms with van der Waals surface area (Å²) in [7, 11) is 0. The Balaban J connectivity index is 1.57. The minimum atomic E-state index is -0.937. The van der Waals surface area contributed by atoms with Crippen molar-refractivity contribution in [1.29, 1.82) is 5.26 Å². The zero-order valence-corrected chi connectivity index (χ0v) is 21.2. The Morgan fingerprint density at radius 2 is 2.05 bits per heavy atom. The first kappa shape index (κ1) is 25.7. The van der Waals surface area contributed by atoms with Gasteiger partial charge in [-0.15, -0.1) is 11.3 Å². The van der Waals surface area contributed by atoms with Crippen LogP contribution < -0.4 is 10.5 Å². The van der Waals surface area contributed by atoms with Gasteiger partial charge in [0.05, 0.1) is 33.5 Å². The molecule has 3 aromatic rings. The number of amides is 2. The highest BCUT2D eigenvalue weighted by molar-refractivity contribution is 7.23. The maximum Gasteiger partial charge on any atom is 0.298 e. The molecule has 2 aliphatic rings. The van der Waals surface area contributed by atoms with Crippen molar-refractivity contribution >= 4 is 49.8 Å². The number of halogens is 4. The smallest absolute Gasteiger partial charge is 0.298 e.